The highest BCUT2D eigenvalue weighted by Gasteiger charge is 2.08. The van der Waals surface area contributed by atoms with Crippen LogP contribution >= 0.6 is 0 Å². The van der Waals surface area contributed by atoms with Crippen LogP contribution in [0.5, 0.6) is 0 Å². The molecule has 0 aromatic carbocycles. The summed E-state index contributed by atoms with van der Waals surface area (Å²) >= 11 is 0. The lowest BCUT2D eigenvalue weighted by Crippen LogP contribution is -2.27. The van der Waals surface area contributed by atoms with Crippen molar-refractivity contribution >= 4 is 5.91 Å². The molecule has 0 spiro atoms. The molecule has 0 bridgehead atoms. The second-order valence-electron chi connectivity index (χ2n) is 2.83. The van der Waals surface area contributed by atoms with E-state index in [0.717, 1.165) is 30.7 Å². The summed E-state index contributed by atoms with van der Waals surface area (Å²) in [7, 11) is 0. The molecule has 1 radical (unpaired) electrons. The first-order valence-corrected chi connectivity index (χ1v) is 4.50. The molecule has 0 aromatic heterocycles. The summed E-state index contributed by atoms with van der Waals surface area (Å²) < 4.78 is 0. The fraction of sp³-hybridized carbons (Fsp3) is 0.778. The number of carbonyl (C=O) groups is 1. The third-order valence-corrected chi connectivity index (χ3v) is 1.65. The summed E-state index contributed by atoms with van der Waals surface area (Å²) in [4.78, 5) is 11.1. The van der Waals surface area contributed by atoms with E-state index in [4.69, 9.17) is 5.21 Å². The van der Waals surface area contributed by atoms with Gasteiger partial charge in [0.05, 0.1) is 0 Å². The molecule has 0 aliphatic rings. The van der Waals surface area contributed by atoms with E-state index in [0.29, 0.717) is 13.0 Å². The van der Waals surface area contributed by atoms with Crippen molar-refractivity contribution in [3.8, 4) is 0 Å². The number of hydroxylamine groups is 2. The summed E-state index contributed by atoms with van der Waals surface area (Å²) in [5.74, 6) is -0.188. The Hall–Kier alpha value is -0.570. The lowest BCUT2D eigenvalue weighted by atomic mass is 10.2. The number of hydrogen-bond acceptors (Lipinski definition) is 2. The first-order chi connectivity index (χ1) is 5.72. The van der Waals surface area contributed by atoms with Gasteiger partial charge in [-0.3, -0.25) is 10.0 Å². The predicted octanol–water partition coefficient (Wildman–Crippen LogP) is 2.01. The molecule has 0 aromatic rings. The maximum absolute atomic E-state index is 11.1. The molecule has 3 nitrogen and oxygen atoms in total. The average Bonchev–Trinajstić information content (AvgIpc) is 2.10. The Morgan fingerprint density at radius 2 is 2.17 bits per heavy atom. The van der Waals surface area contributed by atoms with E-state index in [2.05, 4.69) is 6.92 Å². The minimum absolute atomic E-state index is 0.188. The molecule has 0 fully saturated rings. The van der Waals surface area contributed by atoms with Gasteiger partial charge in [-0.1, -0.05) is 26.7 Å². The van der Waals surface area contributed by atoms with Crippen molar-refractivity contribution in [1.29, 1.82) is 0 Å². The normalized spacial score (nSPS) is 9.92. The van der Waals surface area contributed by atoms with Gasteiger partial charge in [-0.25, -0.2) is 5.06 Å². The van der Waals surface area contributed by atoms with Gasteiger partial charge >= 0.3 is 0 Å². The van der Waals surface area contributed by atoms with E-state index in [1.54, 1.807) is 0 Å². The summed E-state index contributed by atoms with van der Waals surface area (Å²) in [6.45, 7) is 6.10. The van der Waals surface area contributed by atoms with Crippen LogP contribution in [-0.2, 0) is 4.79 Å². The fourth-order valence-electron chi connectivity index (χ4n) is 0.838. The number of hydrogen-bond donors (Lipinski definition) is 1. The molecule has 1 amide bonds. The highest BCUT2D eigenvalue weighted by atomic mass is 16.5. The van der Waals surface area contributed by atoms with Gasteiger partial charge in [0, 0.05) is 13.0 Å². The number of amides is 1. The van der Waals surface area contributed by atoms with Crippen molar-refractivity contribution in [2.24, 2.45) is 0 Å². The second kappa shape index (κ2) is 7.10. The van der Waals surface area contributed by atoms with Crippen molar-refractivity contribution in [3.63, 3.8) is 0 Å². The van der Waals surface area contributed by atoms with Crippen LogP contribution in [0.2, 0.25) is 0 Å². The zero-order valence-electron chi connectivity index (χ0n) is 7.75. The lowest BCUT2D eigenvalue weighted by molar-refractivity contribution is -0.165. The first-order valence-electron chi connectivity index (χ1n) is 4.50. The highest BCUT2D eigenvalue weighted by molar-refractivity contribution is 5.74. The molecule has 1 N–H and O–H groups in total. The van der Waals surface area contributed by atoms with Crippen molar-refractivity contribution < 1.29 is 10.0 Å². The largest absolute Gasteiger partial charge is 0.286 e. The zero-order chi connectivity index (χ0) is 9.40. The molecule has 71 valence electrons. The van der Waals surface area contributed by atoms with E-state index < -0.39 is 0 Å². The molecule has 0 aliphatic heterocycles. The Morgan fingerprint density at radius 3 is 2.67 bits per heavy atom. The van der Waals surface area contributed by atoms with Crippen molar-refractivity contribution in [2.75, 3.05) is 6.54 Å². The fourth-order valence-corrected chi connectivity index (χ4v) is 0.838. The average molecular weight is 172 g/mol. The topological polar surface area (TPSA) is 40.5 Å². The molecular formula is C9H18NO2. The second-order valence-corrected chi connectivity index (χ2v) is 2.83. The van der Waals surface area contributed by atoms with Crippen LogP contribution < -0.4 is 0 Å². The quantitative estimate of drug-likeness (QED) is 0.492. The van der Waals surface area contributed by atoms with Gasteiger partial charge in [-0.05, 0) is 12.8 Å². The minimum Gasteiger partial charge on any atom is -0.286 e. The SMILES string of the molecule is [CH2]CCCC(=O)N(O)CCCC. The molecule has 0 heterocycles. The molecule has 0 aliphatic carbocycles. The summed E-state index contributed by atoms with van der Waals surface area (Å²) in [5.41, 5.74) is 0. The zero-order valence-corrected chi connectivity index (χ0v) is 7.75. The van der Waals surface area contributed by atoms with Gasteiger partial charge in [0.25, 0.3) is 0 Å². The number of rotatable bonds is 6. The summed E-state index contributed by atoms with van der Waals surface area (Å²) in [6.07, 6.45) is 3.74. The minimum atomic E-state index is -0.188. The third kappa shape index (κ3) is 5.13. The Balaban J connectivity index is 3.47. The lowest BCUT2D eigenvalue weighted by Gasteiger charge is -2.13. The van der Waals surface area contributed by atoms with Gasteiger partial charge in [0.1, 0.15) is 0 Å². The first kappa shape index (κ1) is 11.4. The Bertz CT molecular complexity index is 126. The molecule has 0 saturated heterocycles. The molecular weight excluding hydrogens is 154 g/mol. The van der Waals surface area contributed by atoms with Crippen LogP contribution in [0.4, 0.5) is 0 Å². The van der Waals surface area contributed by atoms with Crippen molar-refractivity contribution in [1.82, 2.24) is 5.06 Å². The summed E-state index contributed by atoms with van der Waals surface area (Å²) in [6, 6.07) is 0. The van der Waals surface area contributed by atoms with Gasteiger partial charge < -0.3 is 0 Å². The maximum atomic E-state index is 11.1. The predicted molar refractivity (Wildman–Crippen MR) is 47.6 cm³/mol. The smallest absolute Gasteiger partial charge is 0.245 e. The van der Waals surface area contributed by atoms with Gasteiger partial charge in [-0.15, -0.1) is 0 Å². The van der Waals surface area contributed by atoms with Crippen molar-refractivity contribution in [2.45, 2.75) is 39.0 Å². The van der Waals surface area contributed by atoms with Crippen LogP contribution in [0.3, 0.4) is 0 Å². The molecule has 0 rings (SSSR count). The van der Waals surface area contributed by atoms with Crippen LogP contribution in [-0.4, -0.2) is 22.7 Å². The van der Waals surface area contributed by atoms with Gasteiger partial charge in [0.15, 0.2) is 0 Å². The monoisotopic (exact) mass is 172 g/mol. The van der Waals surface area contributed by atoms with Crippen LogP contribution in [0, 0.1) is 6.92 Å². The molecule has 0 atom stereocenters. The van der Waals surface area contributed by atoms with E-state index in [-0.39, 0.29) is 5.91 Å². The standard InChI is InChI=1S/C9H18NO2/c1-3-5-7-9(11)10(12)8-6-4-2/h12H,1,3-8H2,2H3. The van der Waals surface area contributed by atoms with Crippen molar-refractivity contribution in [3.05, 3.63) is 6.92 Å². The number of carbonyl (C=O) groups excluding carboxylic acids is 1. The summed E-state index contributed by atoms with van der Waals surface area (Å²) in [5, 5.41) is 9.96. The van der Waals surface area contributed by atoms with Crippen LogP contribution in [0.25, 0.3) is 0 Å². The van der Waals surface area contributed by atoms with Gasteiger partial charge in [0.2, 0.25) is 5.91 Å². The van der Waals surface area contributed by atoms with E-state index >= 15 is 0 Å². The van der Waals surface area contributed by atoms with Crippen LogP contribution in [0.15, 0.2) is 0 Å². The molecule has 3 heteroatoms. The van der Waals surface area contributed by atoms with E-state index in [9.17, 15) is 4.79 Å². The van der Waals surface area contributed by atoms with E-state index in [1.807, 2.05) is 6.92 Å². The maximum Gasteiger partial charge on any atom is 0.245 e. The number of nitrogens with zero attached hydrogens (tertiary/aromatic N) is 1. The van der Waals surface area contributed by atoms with Gasteiger partial charge in [-0.2, -0.15) is 0 Å². The molecule has 12 heavy (non-hydrogen) atoms. The van der Waals surface area contributed by atoms with E-state index in [1.165, 1.54) is 0 Å². The highest BCUT2D eigenvalue weighted by Crippen LogP contribution is 1.99. The third-order valence-electron chi connectivity index (χ3n) is 1.65. The Morgan fingerprint density at radius 1 is 1.50 bits per heavy atom. The Labute approximate surface area is 74.3 Å². The molecule has 0 unspecified atom stereocenters. The Kier molecular flexibility index (Phi) is 6.76. The van der Waals surface area contributed by atoms with Crippen LogP contribution in [0.1, 0.15) is 39.0 Å². The molecule has 0 saturated carbocycles. The number of unbranched alkanes of at least 4 members (excludes halogenated alkanes) is 2.